The summed E-state index contributed by atoms with van der Waals surface area (Å²) in [4.78, 5) is 20.1. The van der Waals surface area contributed by atoms with E-state index in [1.165, 1.54) is 0 Å². The quantitative estimate of drug-likeness (QED) is 0.350. The van der Waals surface area contributed by atoms with E-state index >= 15 is 0 Å². The van der Waals surface area contributed by atoms with Crippen LogP contribution < -0.4 is 10.6 Å². The lowest BCUT2D eigenvalue weighted by Crippen LogP contribution is -2.47. The molecule has 1 saturated heterocycles. The number of fused-ring (bicyclic) bond motifs is 1. The zero-order chi connectivity index (χ0) is 22.8. The van der Waals surface area contributed by atoms with Crippen molar-refractivity contribution in [2.45, 2.75) is 24.5 Å². The molecule has 1 unspecified atom stereocenters. The van der Waals surface area contributed by atoms with Gasteiger partial charge in [0.1, 0.15) is 11.2 Å². The number of aromatic amines is 1. The van der Waals surface area contributed by atoms with Gasteiger partial charge in [-0.05, 0) is 65.9 Å². The summed E-state index contributed by atoms with van der Waals surface area (Å²) in [5, 5.41) is 19.6. The number of nitrogens with one attached hydrogen (secondary N) is 3. The Morgan fingerprint density at radius 1 is 1.09 bits per heavy atom. The van der Waals surface area contributed by atoms with Gasteiger partial charge >= 0.3 is 0 Å². The molecule has 2 aromatic heterocycles. The van der Waals surface area contributed by atoms with Crippen molar-refractivity contribution in [3.63, 3.8) is 0 Å². The lowest BCUT2D eigenvalue weighted by Gasteiger charge is -2.30. The highest BCUT2D eigenvalue weighted by atomic mass is 35.5. The van der Waals surface area contributed by atoms with E-state index in [9.17, 15) is 9.90 Å². The van der Waals surface area contributed by atoms with Crippen LogP contribution >= 0.6 is 11.6 Å². The number of carbonyl (C=O) groups excluding carboxylic acids is 1. The Kier molecular flexibility index (Phi) is 5.89. The molecule has 0 aliphatic carbocycles. The average molecular weight is 461 g/mol. The summed E-state index contributed by atoms with van der Waals surface area (Å²) in [7, 11) is 0. The van der Waals surface area contributed by atoms with Crippen LogP contribution in [0.5, 0.6) is 0 Å². The van der Waals surface area contributed by atoms with Gasteiger partial charge < -0.3 is 20.7 Å². The van der Waals surface area contributed by atoms with Crippen LogP contribution in [-0.4, -0.2) is 40.1 Å². The molecule has 0 saturated carbocycles. The SMILES string of the molecule is O=C(NCC(O)(c1ccc(Cl)cc1)c1ccc(-c2ccnc3[nH]ccc23)cc1)[C@H]1CCCN1. The lowest BCUT2D eigenvalue weighted by atomic mass is 9.85. The molecule has 3 heterocycles. The first kappa shape index (κ1) is 21.6. The molecule has 2 atom stereocenters. The van der Waals surface area contributed by atoms with Crippen molar-refractivity contribution >= 4 is 28.5 Å². The Balaban J connectivity index is 1.47. The number of H-pyrrole nitrogens is 1. The molecular formula is C26H25ClN4O2. The van der Waals surface area contributed by atoms with Gasteiger partial charge in [-0.15, -0.1) is 0 Å². The lowest BCUT2D eigenvalue weighted by molar-refractivity contribution is -0.123. The summed E-state index contributed by atoms with van der Waals surface area (Å²) in [5.74, 6) is -0.0943. The third-order valence-corrected chi connectivity index (χ3v) is 6.60. The van der Waals surface area contributed by atoms with Gasteiger partial charge in [-0.25, -0.2) is 4.98 Å². The summed E-state index contributed by atoms with van der Waals surface area (Å²) in [5.41, 5.74) is 2.85. The molecule has 1 amide bonds. The Morgan fingerprint density at radius 2 is 1.82 bits per heavy atom. The number of halogens is 1. The van der Waals surface area contributed by atoms with Crippen molar-refractivity contribution in [3.05, 3.63) is 89.2 Å². The highest BCUT2D eigenvalue weighted by Crippen LogP contribution is 2.33. The fourth-order valence-electron chi connectivity index (χ4n) is 4.48. The Bertz CT molecular complexity index is 1260. The van der Waals surface area contributed by atoms with Crippen molar-refractivity contribution in [3.8, 4) is 11.1 Å². The van der Waals surface area contributed by atoms with Crippen LogP contribution in [0.15, 0.2) is 73.1 Å². The van der Waals surface area contributed by atoms with E-state index < -0.39 is 5.60 Å². The van der Waals surface area contributed by atoms with Gasteiger partial charge in [-0.2, -0.15) is 0 Å². The van der Waals surface area contributed by atoms with E-state index in [1.54, 1.807) is 30.5 Å². The van der Waals surface area contributed by atoms with Crippen LogP contribution in [0.2, 0.25) is 5.02 Å². The molecule has 168 valence electrons. The number of benzene rings is 2. The van der Waals surface area contributed by atoms with Crippen molar-refractivity contribution < 1.29 is 9.90 Å². The monoisotopic (exact) mass is 460 g/mol. The summed E-state index contributed by atoms with van der Waals surface area (Å²) < 4.78 is 0. The van der Waals surface area contributed by atoms with Gasteiger partial charge in [0.05, 0.1) is 12.6 Å². The Hall–Kier alpha value is -3.19. The minimum atomic E-state index is -1.40. The van der Waals surface area contributed by atoms with Crippen molar-refractivity contribution in [1.29, 1.82) is 0 Å². The summed E-state index contributed by atoms with van der Waals surface area (Å²) in [6, 6.07) is 18.6. The van der Waals surface area contributed by atoms with Crippen molar-refractivity contribution in [2.24, 2.45) is 0 Å². The zero-order valence-electron chi connectivity index (χ0n) is 18.0. The fraction of sp³-hybridized carbons (Fsp3) is 0.231. The molecule has 0 spiro atoms. The van der Waals surface area contributed by atoms with Gasteiger partial charge in [0.25, 0.3) is 0 Å². The fourth-order valence-corrected chi connectivity index (χ4v) is 4.61. The normalized spacial score (nSPS) is 17.7. The first-order valence-corrected chi connectivity index (χ1v) is 11.4. The molecule has 5 rings (SSSR count). The number of amides is 1. The van der Waals surface area contributed by atoms with E-state index in [2.05, 4.69) is 20.6 Å². The van der Waals surface area contributed by atoms with Crippen molar-refractivity contribution in [1.82, 2.24) is 20.6 Å². The number of carbonyl (C=O) groups is 1. The second-order valence-electron chi connectivity index (χ2n) is 8.41. The van der Waals surface area contributed by atoms with Gasteiger partial charge in [-0.3, -0.25) is 4.79 Å². The minimum Gasteiger partial charge on any atom is -0.379 e. The smallest absolute Gasteiger partial charge is 0.237 e. The number of hydrogen-bond acceptors (Lipinski definition) is 4. The summed E-state index contributed by atoms with van der Waals surface area (Å²) >= 11 is 6.08. The molecule has 33 heavy (non-hydrogen) atoms. The summed E-state index contributed by atoms with van der Waals surface area (Å²) in [6.45, 7) is 0.896. The molecule has 0 radical (unpaired) electrons. The van der Waals surface area contributed by atoms with Crippen LogP contribution in [0.25, 0.3) is 22.2 Å². The van der Waals surface area contributed by atoms with E-state index in [0.29, 0.717) is 16.1 Å². The highest BCUT2D eigenvalue weighted by molar-refractivity contribution is 6.30. The van der Waals surface area contributed by atoms with Gasteiger partial charge in [-0.1, -0.05) is 48.0 Å². The van der Waals surface area contributed by atoms with Crippen LogP contribution in [0, 0.1) is 0 Å². The van der Waals surface area contributed by atoms with E-state index in [-0.39, 0.29) is 18.5 Å². The number of rotatable bonds is 6. The Labute approximate surface area is 197 Å². The number of nitrogens with zero attached hydrogens (tertiary/aromatic N) is 1. The van der Waals surface area contributed by atoms with Crippen molar-refractivity contribution in [2.75, 3.05) is 13.1 Å². The predicted molar refractivity (Wildman–Crippen MR) is 130 cm³/mol. The maximum Gasteiger partial charge on any atom is 0.237 e. The molecule has 1 fully saturated rings. The molecule has 4 N–H and O–H groups in total. The predicted octanol–water partition coefficient (Wildman–Crippen LogP) is 3.99. The van der Waals surface area contributed by atoms with Gasteiger partial charge in [0.15, 0.2) is 0 Å². The van der Waals surface area contributed by atoms with Crippen LogP contribution in [0.3, 0.4) is 0 Å². The molecule has 2 aromatic carbocycles. The van der Waals surface area contributed by atoms with Crippen LogP contribution in [0.1, 0.15) is 24.0 Å². The first-order chi connectivity index (χ1) is 16.0. The molecule has 1 aliphatic rings. The standard InChI is InChI=1S/C26H25ClN4O2/c27-20-9-7-19(8-10-20)26(33,16-31-25(32)23-2-1-13-28-23)18-5-3-17(4-6-18)21-11-14-29-24-22(21)12-15-30-24/h3-12,14-15,23,28,33H,1-2,13,16H2,(H,29,30)(H,31,32)/t23-,26?/m1/s1. The molecule has 7 heteroatoms. The topological polar surface area (TPSA) is 90.0 Å². The number of pyridine rings is 1. The first-order valence-electron chi connectivity index (χ1n) is 11.1. The maximum atomic E-state index is 12.6. The highest BCUT2D eigenvalue weighted by Gasteiger charge is 2.33. The van der Waals surface area contributed by atoms with Gasteiger partial charge in [0.2, 0.25) is 5.91 Å². The average Bonchev–Trinajstić information content (AvgIpc) is 3.55. The molecule has 6 nitrogen and oxygen atoms in total. The second kappa shape index (κ2) is 8.98. The zero-order valence-corrected chi connectivity index (χ0v) is 18.8. The second-order valence-corrected chi connectivity index (χ2v) is 8.85. The molecule has 4 aromatic rings. The molecule has 0 bridgehead atoms. The number of hydrogen-bond donors (Lipinski definition) is 4. The van der Waals surface area contributed by atoms with Gasteiger partial charge in [0, 0.05) is 22.8 Å². The third kappa shape index (κ3) is 4.25. The van der Waals surface area contributed by atoms with E-state index in [0.717, 1.165) is 41.5 Å². The maximum absolute atomic E-state index is 12.6. The third-order valence-electron chi connectivity index (χ3n) is 6.35. The molecular weight excluding hydrogens is 436 g/mol. The largest absolute Gasteiger partial charge is 0.379 e. The number of aliphatic hydroxyl groups is 1. The number of aromatic nitrogens is 2. The van der Waals surface area contributed by atoms with Crippen LogP contribution in [0.4, 0.5) is 0 Å². The van der Waals surface area contributed by atoms with E-state index in [1.807, 2.05) is 42.6 Å². The molecule has 1 aliphatic heterocycles. The summed E-state index contributed by atoms with van der Waals surface area (Å²) in [6.07, 6.45) is 5.43. The van der Waals surface area contributed by atoms with E-state index in [4.69, 9.17) is 11.6 Å². The van der Waals surface area contributed by atoms with Crippen LogP contribution in [-0.2, 0) is 10.4 Å². The minimum absolute atomic E-state index is 0.0578. The Morgan fingerprint density at radius 3 is 2.52 bits per heavy atom.